The largest absolute Gasteiger partial charge is 0.480 e. The number of rotatable bonds is 3. The lowest BCUT2D eigenvalue weighted by Crippen LogP contribution is -2.46. The third-order valence-corrected chi connectivity index (χ3v) is 3.93. The van der Waals surface area contributed by atoms with Gasteiger partial charge in [-0.05, 0) is 24.6 Å². The normalized spacial score (nSPS) is 16.3. The van der Waals surface area contributed by atoms with Crippen LogP contribution in [0.1, 0.15) is 12.5 Å². The van der Waals surface area contributed by atoms with Gasteiger partial charge in [-0.3, -0.25) is 9.69 Å². The van der Waals surface area contributed by atoms with Crippen LogP contribution in [0.15, 0.2) is 23.1 Å². The highest BCUT2D eigenvalue weighted by molar-refractivity contribution is 8.00. The van der Waals surface area contributed by atoms with Gasteiger partial charge in [-0.25, -0.2) is 4.79 Å². The van der Waals surface area contributed by atoms with Gasteiger partial charge >= 0.3 is 5.97 Å². The van der Waals surface area contributed by atoms with Gasteiger partial charge in [0.1, 0.15) is 6.04 Å². The van der Waals surface area contributed by atoms with Crippen LogP contribution < -0.4 is 10.6 Å². The first kappa shape index (κ1) is 12.9. The number of carboxylic acids is 1. The molecule has 1 heterocycles. The predicted molar refractivity (Wildman–Crippen MR) is 69.6 cm³/mol. The molecule has 1 aromatic rings. The molecule has 0 aliphatic carbocycles. The predicted octanol–water partition coefficient (Wildman–Crippen LogP) is 1.06. The zero-order chi connectivity index (χ0) is 13.3. The summed E-state index contributed by atoms with van der Waals surface area (Å²) in [7, 11) is 0. The first-order chi connectivity index (χ1) is 8.54. The van der Waals surface area contributed by atoms with Crippen LogP contribution in [0, 0.1) is 0 Å². The molecule has 0 radical (unpaired) electrons. The van der Waals surface area contributed by atoms with Gasteiger partial charge in [0.05, 0.1) is 11.4 Å². The van der Waals surface area contributed by atoms with Crippen molar-refractivity contribution < 1.29 is 14.7 Å². The summed E-state index contributed by atoms with van der Waals surface area (Å²) in [5, 5.41) is 9.08. The van der Waals surface area contributed by atoms with E-state index in [-0.39, 0.29) is 11.7 Å². The Morgan fingerprint density at radius 1 is 1.61 bits per heavy atom. The number of hydrogen-bond donors (Lipinski definition) is 2. The van der Waals surface area contributed by atoms with Gasteiger partial charge in [0.25, 0.3) is 0 Å². The second kappa shape index (κ2) is 4.99. The van der Waals surface area contributed by atoms with Crippen LogP contribution in [0.3, 0.4) is 0 Å². The molecule has 1 aliphatic heterocycles. The molecule has 0 saturated heterocycles. The third-order valence-electron chi connectivity index (χ3n) is 2.88. The Morgan fingerprint density at radius 3 is 2.94 bits per heavy atom. The van der Waals surface area contributed by atoms with Crippen LogP contribution >= 0.6 is 11.8 Å². The van der Waals surface area contributed by atoms with E-state index in [4.69, 9.17) is 10.8 Å². The van der Waals surface area contributed by atoms with E-state index in [9.17, 15) is 9.59 Å². The van der Waals surface area contributed by atoms with Crippen molar-refractivity contribution in [2.45, 2.75) is 24.4 Å². The molecule has 18 heavy (non-hydrogen) atoms. The molecule has 1 unspecified atom stereocenters. The fraction of sp³-hybridized carbons (Fsp3) is 0.333. The summed E-state index contributed by atoms with van der Waals surface area (Å²) in [5.41, 5.74) is 7.10. The highest BCUT2D eigenvalue weighted by Crippen LogP contribution is 2.37. The number of thioether (sulfide) groups is 1. The topological polar surface area (TPSA) is 83.6 Å². The molecule has 0 bridgehead atoms. The average Bonchev–Trinajstić information content (AvgIpc) is 2.37. The summed E-state index contributed by atoms with van der Waals surface area (Å²) in [6.45, 7) is 1.87. The number of aliphatic carboxylic acids is 1. The number of hydrogen-bond acceptors (Lipinski definition) is 4. The zero-order valence-corrected chi connectivity index (χ0v) is 10.7. The van der Waals surface area contributed by atoms with Crippen molar-refractivity contribution in [1.82, 2.24) is 0 Å². The minimum Gasteiger partial charge on any atom is -0.480 e. The molecule has 1 atom stereocenters. The van der Waals surface area contributed by atoms with Crippen LogP contribution in [0.25, 0.3) is 0 Å². The molecule has 0 aromatic heterocycles. The van der Waals surface area contributed by atoms with E-state index < -0.39 is 12.0 Å². The molecule has 5 nitrogen and oxygen atoms in total. The van der Waals surface area contributed by atoms with E-state index in [0.717, 1.165) is 10.5 Å². The third kappa shape index (κ3) is 2.21. The van der Waals surface area contributed by atoms with E-state index in [2.05, 4.69) is 0 Å². The number of fused-ring (bicyclic) bond motifs is 1. The van der Waals surface area contributed by atoms with E-state index in [1.54, 1.807) is 6.07 Å². The molecular weight excluding hydrogens is 252 g/mol. The summed E-state index contributed by atoms with van der Waals surface area (Å²) in [4.78, 5) is 25.3. The van der Waals surface area contributed by atoms with E-state index in [1.807, 2.05) is 12.1 Å². The second-order valence-corrected chi connectivity index (χ2v) is 5.09. The lowest BCUT2D eigenvalue weighted by molar-refractivity contribution is -0.139. The Morgan fingerprint density at radius 2 is 2.33 bits per heavy atom. The molecule has 3 N–H and O–H groups in total. The van der Waals surface area contributed by atoms with Crippen molar-refractivity contribution >= 4 is 29.3 Å². The molecule has 0 saturated carbocycles. The molecule has 96 valence electrons. The Labute approximate surface area is 109 Å². The maximum atomic E-state index is 11.9. The van der Waals surface area contributed by atoms with Crippen LogP contribution in [0.2, 0.25) is 0 Å². The summed E-state index contributed by atoms with van der Waals surface area (Å²) >= 11 is 1.42. The van der Waals surface area contributed by atoms with Gasteiger partial charge in [0.2, 0.25) is 5.91 Å². The van der Waals surface area contributed by atoms with E-state index >= 15 is 0 Å². The zero-order valence-electron chi connectivity index (χ0n) is 9.92. The molecule has 1 amide bonds. The molecule has 2 rings (SSSR count). The van der Waals surface area contributed by atoms with Crippen LogP contribution in [-0.2, 0) is 16.1 Å². The van der Waals surface area contributed by atoms with Gasteiger partial charge < -0.3 is 10.8 Å². The Balaban J connectivity index is 2.48. The number of nitrogens with two attached hydrogens (primary N) is 1. The standard InChI is InChI=1S/C12H14N2O3S/c1-7(12(16)17)14-9-4-8(5-13)2-3-10(9)18-6-11(14)15/h2-4,7H,5-6,13H2,1H3,(H,16,17). The number of carbonyl (C=O) groups excluding carboxylic acids is 1. The Kier molecular flexibility index (Phi) is 3.58. The molecular formula is C12H14N2O3S. The molecule has 1 aromatic carbocycles. The molecule has 1 aliphatic rings. The van der Waals surface area contributed by atoms with Gasteiger partial charge in [-0.1, -0.05) is 6.07 Å². The summed E-state index contributed by atoms with van der Waals surface area (Å²) in [5.74, 6) is -0.928. The van der Waals surface area contributed by atoms with Gasteiger partial charge in [-0.2, -0.15) is 0 Å². The van der Waals surface area contributed by atoms with Crippen molar-refractivity contribution in [3.8, 4) is 0 Å². The summed E-state index contributed by atoms with van der Waals surface area (Å²) in [6.07, 6.45) is 0. The Hall–Kier alpha value is -1.53. The summed E-state index contributed by atoms with van der Waals surface area (Å²) in [6, 6.07) is 4.70. The van der Waals surface area contributed by atoms with E-state index in [0.29, 0.717) is 12.2 Å². The second-order valence-electron chi connectivity index (χ2n) is 4.07. The lowest BCUT2D eigenvalue weighted by Gasteiger charge is -2.32. The van der Waals surface area contributed by atoms with Crippen LogP contribution in [-0.4, -0.2) is 28.8 Å². The SMILES string of the molecule is CC(C(=O)O)N1C(=O)CSc2ccc(CN)cc21. The van der Waals surface area contributed by atoms with Crippen molar-refractivity contribution in [1.29, 1.82) is 0 Å². The Bertz CT molecular complexity index is 504. The molecule has 6 heteroatoms. The van der Waals surface area contributed by atoms with Crippen molar-refractivity contribution in [3.05, 3.63) is 23.8 Å². The minimum atomic E-state index is -1.01. The minimum absolute atomic E-state index is 0.184. The highest BCUT2D eigenvalue weighted by atomic mass is 32.2. The van der Waals surface area contributed by atoms with Gasteiger partial charge in [-0.15, -0.1) is 11.8 Å². The fourth-order valence-corrected chi connectivity index (χ4v) is 2.77. The lowest BCUT2D eigenvalue weighted by atomic mass is 10.1. The average molecular weight is 266 g/mol. The number of benzene rings is 1. The number of carboxylic acid groups (broad SMARTS) is 1. The first-order valence-corrected chi connectivity index (χ1v) is 6.54. The number of anilines is 1. The van der Waals surface area contributed by atoms with Crippen molar-refractivity contribution in [2.24, 2.45) is 5.73 Å². The van der Waals surface area contributed by atoms with Crippen molar-refractivity contribution in [3.63, 3.8) is 0 Å². The number of nitrogens with zero attached hydrogens (tertiary/aromatic N) is 1. The van der Waals surface area contributed by atoms with Gasteiger partial charge in [0.15, 0.2) is 0 Å². The maximum Gasteiger partial charge on any atom is 0.326 e. The smallest absolute Gasteiger partial charge is 0.326 e. The first-order valence-electron chi connectivity index (χ1n) is 5.55. The van der Waals surface area contributed by atoms with Gasteiger partial charge in [0, 0.05) is 11.4 Å². The van der Waals surface area contributed by atoms with Crippen molar-refractivity contribution in [2.75, 3.05) is 10.7 Å². The fourth-order valence-electron chi connectivity index (χ4n) is 1.88. The van der Waals surface area contributed by atoms with Crippen LogP contribution in [0.5, 0.6) is 0 Å². The number of amides is 1. The highest BCUT2D eigenvalue weighted by Gasteiger charge is 2.32. The number of carbonyl (C=O) groups is 2. The molecule has 0 fully saturated rings. The maximum absolute atomic E-state index is 11.9. The monoisotopic (exact) mass is 266 g/mol. The van der Waals surface area contributed by atoms with E-state index in [1.165, 1.54) is 23.6 Å². The molecule has 0 spiro atoms. The quantitative estimate of drug-likeness (QED) is 0.854. The summed E-state index contributed by atoms with van der Waals surface area (Å²) < 4.78 is 0. The van der Waals surface area contributed by atoms with Crippen LogP contribution in [0.4, 0.5) is 5.69 Å².